The Morgan fingerprint density at radius 2 is 2.46 bits per heavy atom. The van der Waals surface area contributed by atoms with Crippen molar-refractivity contribution < 1.29 is 9.53 Å². The number of carbonyl (C=O) groups excluding carboxylic acids is 1. The first-order valence-electron chi connectivity index (χ1n) is 5.30. The van der Waals surface area contributed by atoms with Crippen LogP contribution in [-0.4, -0.2) is 19.0 Å². The fourth-order valence-corrected chi connectivity index (χ4v) is 2.57. The summed E-state index contributed by atoms with van der Waals surface area (Å²) >= 11 is 0. The van der Waals surface area contributed by atoms with Crippen molar-refractivity contribution in [2.45, 2.75) is 39.0 Å². The van der Waals surface area contributed by atoms with E-state index in [-0.39, 0.29) is 0 Å². The van der Waals surface area contributed by atoms with E-state index in [1.165, 1.54) is 19.3 Å². The minimum absolute atomic E-state index is 0.332. The van der Waals surface area contributed by atoms with Crippen molar-refractivity contribution in [3.05, 3.63) is 0 Å². The molecule has 0 aromatic rings. The SMILES string of the molecule is CC(=O)CCC1CC12CCCOC2. The van der Waals surface area contributed by atoms with Crippen LogP contribution in [0.5, 0.6) is 0 Å². The molecule has 1 spiro atoms. The molecule has 0 N–H and O–H groups in total. The van der Waals surface area contributed by atoms with Crippen LogP contribution in [0.4, 0.5) is 0 Å². The van der Waals surface area contributed by atoms with Crippen molar-refractivity contribution in [1.82, 2.24) is 0 Å². The summed E-state index contributed by atoms with van der Waals surface area (Å²) in [5.74, 6) is 1.12. The van der Waals surface area contributed by atoms with Crippen LogP contribution < -0.4 is 0 Å². The van der Waals surface area contributed by atoms with Gasteiger partial charge in [0, 0.05) is 13.0 Å². The fourth-order valence-electron chi connectivity index (χ4n) is 2.57. The lowest BCUT2D eigenvalue weighted by molar-refractivity contribution is -0.117. The Hall–Kier alpha value is -0.370. The Labute approximate surface area is 79.7 Å². The van der Waals surface area contributed by atoms with Gasteiger partial charge in [-0.15, -0.1) is 0 Å². The number of ether oxygens (including phenoxy) is 1. The molecule has 2 rings (SSSR count). The molecule has 2 unspecified atom stereocenters. The molecule has 0 bridgehead atoms. The molecule has 0 aromatic heterocycles. The minimum Gasteiger partial charge on any atom is -0.381 e. The van der Waals surface area contributed by atoms with Crippen molar-refractivity contribution in [3.8, 4) is 0 Å². The molecule has 74 valence electrons. The fraction of sp³-hybridized carbons (Fsp3) is 0.909. The number of carbonyl (C=O) groups is 1. The van der Waals surface area contributed by atoms with Gasteiger partial charge < -0.3 is 9.53 Å². The Balaban J connectivity index is 1.76. The predicted octanol–water partition coefficient (Wildman–Crippen LogP) is 2.17. The van der Waals surface area contributed by atoms with Gasteiger partial charge in [0.25, 0.3) is 0 Å². The molecule has 1 aliphatic carbocycles. The van der Waals surface area contributed by atoms with E-state index in [0.29, 0.717) is 11.2 Å². The molecule has 1 aliphatic heterocycles. The molecule has 2 aliphatic rings. The zero-order valence-electron chi connectivity index (χ0n) is 8.34. The lowest BCUT2D eigenvalue weighted by Crippen LogP contribution is -2.20. The molecule has 2 heteroatoms. The van der Waals surface area contributed by atoms with E-state index in [0.717, 1.165) is 32.0 Å². The number of Topliss-reactive ketones (excluding diaryl/α,β-unsaturated/α-hetero) is 1. The van der Waals surface area contributed by atoms with Crippen LogP contribution in [0.15, 0.2) is 0 Å². The topological polar surface area (TPSA) is 26.3 Å². The van der Waals surface area contributed by atoms with E-state index in [1.54, 1.807) is 6.92 Å². The number of ketones is 1. The number of hydrogen-bond donors (Lipinski definition) is 0. The zero-order chi connectivity index (χ0) is 9.31. The molecule has 2 fully saturated rings. The van der Waals surface area contributed by atoms with Crippen LogP contribution in [0.25, 0.3) is 0 Å². The first-order chi connectivity index (χ1) is 6.23. The van der Waals surface area contributed by atoms with Crippen LogP contribution in [0, 0.1) is 11.3 Å². The van der Waals surface area contributed by atoms with Crippen molar-refractivity contribution in [2.75, 3.05) is 13.2 Å². The second-order valence-corrected chi connectivity index (χ2v) is 4.66. The van der Waals surface area contributed by atoms with Gasteiger partial charge >= 0.3 is 0 Å². The van der Waals surface area contributed by atoms with E-state index in [9.17, 15) is 4.79 Å². The van der Waals surface area contributed by atoms with Gasteiger partial charge in [-0.25, -0.2) is 0 Å². The third-order valence-corrected chi connectivity index (χ3v) is 3.56. The molecule has 2 nitrogen and oxygen atoms in total. The summed E-state index contributed by atoms with van der Waals surface area (Å²) in [6, 6.07) is 0. The van der Waals surface area contributed by atoms with Crippen LogP contribution in [0.3, 0.4) is 0 Å². The van der Waals surface area contributed by atoms with E-state index in [2.05, 4.69) is 0 Å². The van der Waals surface area contributed by atoms with E-state index < -0.39 is 0 Å². The standard InChI is InChI=1S/C11H18O2/c1-9(12)3-4-10-7-11(10)5-2-6-13-8-11/h10H,2-8H2,1H3. The lowest BCUT2D eigenvalue weighted by atomic mass is 9.94. The van der Waals surface area contributed by atoms with Crippen molar-refractivity contribution in [3.63, 3.8) is 0 Å². The maximum absolute atomic E-state index is 10.8. The van der Waals surface area contributed by atoms with Crippen LogP contribution >= 0.6 is 0 Å². The van der Waals surface area contributed by atoms with Gasteiger partial charge in [0.15, 0.2) is 0 Å². The Bertz CT molecular complexity index is 204. The molecule has 2 atom stereocenters. The molecule has 0 aromatic carbocycles. The average Bonchev–Trinajstić information content (AvgIpc) is 2.77. The summed E-state index contributed by atoms with van der Waals surface area (Å²) in [6.45, 7) is 3.59. The smallest absolute Gasteiger partial charge is 0.129 e. The molecule has 0 radical (unpaired) electrons. The summed E-state index contributed by atoms with van der Waals surface area (Å²) in [4.78, 5) is 10.8. The first-order valence-corrected chi connectivity index (χ1v) is 5.30. The molecular weight excluding hydrogens is 164 g/mol. The molecule has 0 amide bonds. The van der Waals surface area contributed by atoms with Crippen molar-refractivity contribution >= 4 is 5.78 Å². The molecule has 1 saturated heterocycles. The highest BCUT2D eigenvalue weighted by molar-refractivity contribution is 5.75. The summed E-state index contributed by atoms with van der Waals surface area (Å²) in [5.41, 5.74) is 0.508. The van der Waals surface area contributed by atoms with E-state index in [4.69, 9.17) is 4.74 Å². The van der Waals surface area contributed by atoms with E-state index >= 15 is 0 Å². The largest absolute Gasteiger partial charge is 0.381 e. The number of hydrogen-bond acceptors (Lipinski definition) is 2. The van der Waals surface area contributed by atoms with Crippen LogP contribution in [0.2, 0.25) is 0 Å². The Morgan fingerprint density at radius 3 is 3.08 bits per heavy atom. The summed E-state index contributed by atoms with van der Waals surface area (Å²) < 4.78 is 5.50. The van der Waals surface area contributed by atoms with Gasteiger partial charge in [-0.2, -0.15) is 0 Å². The normalized spacial score (nSPS) is 37.8. The lowest BCUT2D eigenvalue weighted by Gasteiger charge is -2.22. The summed E-state index contributed by atoms with van der Waals surface area (Å²) in [6.07, 6.45) is 5.72. The maximum atomic E-state index is 10.8. The van der Waals surface area contributed by atoms with Gasteiger partial charge in [0.05, 0.1) is 6.61 Å². The summed E-state index contributed by atoms with van der Waals surface area (Å²) in [5, 5.41) is 0. The summed E-state index contributed by atoms with van der Waals surface area (Å²) in [7, 11) is 0. The third-order valence-electron chi connectivity index (χ3n) is 3.56. The number of rotatable bonds is 3. The molecular formula is C11H18O2. The predicted molar refractivity (Wildman–Crippen MR) is 50.5 cm³/mol. The zero-order valence-corrected chi connectivity index (χ0v) is 8.34. The highest BCUT2D eigenvalue weighted by atomic mass is 16.5. The average molecular weight is 182 g/mol. The quantitative estimate of drug-likeness (QED) is 0.668. The van der Waals surface area contributed by atoms with Gasteiger partial charge in [-0.3, -0.25) is 0 Å². The highest BCUT2D eigenvalue weighted by Crippen LogP contribution is 2.59. The monoisotopic (exact) mass is 182 g/mol. The van der Waals surface area contributed by atoms with Gasteiger partial charge in [0.1, 0.15) is 5.78 Å². The maximum Gasteiger partial charge on any atom is 0.129 e. The first kappa shape index (κ1) is 9.20. The molecule has 1 heterocycles. The van der Waals surface area contributed by atoms with Crippen LogP contribution in [0.1, 0.15) is 39.0 Å². The van der Waals surface area contributed by atoms with Crippen molar-refractivity contribution in [1.29, 1.82) is 0 Å². The van der Waals surface area contributed by atoms with E-state index in [1.807, 2.05) is 0 Å². The van der Waals surface area contributed by atoms with Gasteiger partial charge in [-0.1, -0.05) is 0 Å². The van der Waals surface area contributed by atoms with Gasteiger partial charge in [-0.05, 0) is 43.9 Å². The second kappa shape index (κ2) is 3.41. The second-order valence-electron chi connectivity index (χ2n) is 4.66. The molecule has 13 heavy (non-hydrogen) atoms. The third kappa shape index (κ3) is 1.93. The Kier molecular flexibility index (Phi) is 2.41. The van der Waals surface area contributed by atoms with Crippen LogP contribution in [-0.2, 0) is 9.53 Å². The minimum atomic E-state index is 0.332. The highest BCUT2D eigenvalue weighted by Gasteiger charge is 2.53. The molecule has 1 saturated carbocycles. The van der Waals surface area contributed by atoms with Crippen molar-refractivity contribution in [2.24, 2.45) is 11.3 Å². The Morgan fingerprint density at radius 1 is 1.62 bits per heavy atom. The van der Waals surface area contributed by atoms with Gasteiger partial charge in [0.2, 0.25) is 0 Å².